The predicted octanol–water partition coefficient (Wildman–Crippen LogP) is 5.21. The quantitative estimate of drug-likeness (QED) is 0.254. The summed E-state index contributed by atoms with van der Waals surface area (Å²) in [6.07, 6.45) is 4.85. The van der Waals surface area contributed by atoms with Crippen LogP contribution in [-0.2, 0) is 33.3 Å². The van der Waals surface area contributed by atoms with Gasteiger partial charge in [0.15, 0.2) is 6.10 Å². The van der Waals surface area contributed by atoms with Crippen LogP contribution in [0.2, 0.25) is 0 Å². The Morgan fingerprint density at radius 3 is 2.41 bits per heavy atom. The SMILES string of the molecule is C=C1CC[C@H]2C(C)(C)CCCC2(C)C1COC(CCC(=O)OCOC(=O)C(C)(C)C)C(=O)OC. The third kappa shape index (κ3) is 6.83. The van der Waals surface area contributed by atoms with Crippen LogP contribution in [-0.4, -0.2) is 44.5 Å². The molecule has 0 aromatic rings. The Labute approximate surface area is 204 Å². The highest BCUT2D eigenvalue weighted by molar-refractivity contribution is 5.77. The molecule has 34 heavy (non-hydrogen) atoms. The lowest BCUT2D eigenvalue weighted by Crippen LogP contribution is -2.51. The van der Waals surface area contributed by atoms with Gasteiger partial charge in [0.05, 0.1) is 19.1 Å². The minimum absolute atomic E-state index is 0.0502. The van der Waals surface area contributed by atoms with Crippen LogP contribution in [0.4, 0.5) is 0 Å². The third-order valence-electron chi connectivity index (χ3n) is 7.88. The van der Waals surface area contributed by atoms with Crippen LogP contribution in [0.15, 0.2) is 12.2 Å². The van der Waals surface area contributed by atoms with Gasteiger partial charge in [-0.05, 0) is 69.6 Å². The maximum atomic E-state index is 12.4. The van der Waals surface area contributed by atoms with E-state index in [2.05, 4.69) is 27.4 Å². The molecule has 2 aliphatic carbocycles. The molecule has 0 radical (unpaired) electrons. The maximum Gasteiger partial charge on any atom is 0.334 e. The first kappa shape index (κ1) is 28.3. The Hall–Kier alpha value is -1.89. The van der Waals surface area contributed by atoms with Gasteiger partial charge < -0.3 is 18.9 Å². The van der Waals surface area contributed by atoms with Crippen LogP contribution in [0, 0.1) is 28.1 Å². The summed E-state index contributed by atoms with van der Waals surface area (Å²) in [5.74, 6) is -0.806. The van der Waals surface area contributed by atoms with Crippen LogP contribution in [0.3, 0.4) is 0 Å². The van der Waals surface area contributed by atoms with E-state index in [1.54, 1.807) is 20.8 Å². The molecule has 0 N–H and O–H groups in total. The van der Waals surface area contributed by atoms with E-state index in [4.69, 9.17) is 18.9 Å². The normalized spacial score (nSPS) is 27.3. The van der Waals surface area contributed by atoms with Crippen LogP contribution < -0.4 is 0 Å². The Kier molecular flexibility index (Phi) is 9.37. The number of methoxy groups -OCH3 is 1. The Morgan fingerprint density at radius 1 is 1.12 bits per heavy atom. The summed E-state index contributed by atoms with van der Waals surface area (Å²) in [5, 5.41) is 0. The average molecular weight is 481 g/mol. The summed E-state index contributed by atoms with van der Waals surface area (Å²) in [6, 6.07) is 0. The number of esters is 3. The molecule has 0 heterocycles. The molecule has 194 valence electrons. The van der Waals surface area contributed by atoms with Gasteiger partial charge in [-0.1, -0.05) is 39.3 Å². The van der Waals surface area contributed by atoms with E-state index in [1.807, 2.05) is 0 Å². The first-order valence-electron chi connectivity index (χ1n) is 12.4. The van der Waals surface area contributed by atoms with Crippen molar-refractivity contribution < 1.29 is 33.3 Å². The highest BCUT2D eigenvalue weighted by atomic mass is 16.7. The summed E-state index contributed by atoms with van der Waals surface area (Å²) in [7, 11) is 1.31. The van der Waals surface area contributed by atoms with Crippen LogP contribution >= 0.6 is 0 Å². The summed E-state index contributed by atoms with van der Waals surface area (Å²) >= 11 is 0. The molecule has 0 aromatic heterocycles. The summed E-state index contributed by atoms with van der Waals surface area (Å²) < 4.78 is 21.0. The van der Waals surface area contributed by atoms with Gasteiger partial charge in [-0.2, -0.15) is 0 Å². The van der Waals surface area contributed by atoms with E-state index in [1.165, 1.54) is 25.5 Å². The van der Waals surface area contributed by atoms with Crippen molar-refractivity contribution >= 4 is 17.9 Å². The largest absolute Gasteiger partial charge is 0.467 e. The minimum Gasteiger partial charge on any atom is -0.467 e. The Bertz CT molecular complexity index is 763. The van der Waals surface area contributed by atoms with E-state index in [0.717, 1.165) is 19.3 Å². The van der Waals surface area contributed by atoms with Gasteiger partial charge in [-0.25, -0.2) is 4.79 Å². The summed E-state index contributed by atoms with van der Waals surface area (Å²) in [6.45, 7) is 16.5. The van der Waals surface area contributed by atoms with Gasteiger partial charge in [0.1, 0.15) is 0 Å². The highest BCUT2D eigenvalue weighted by Gasteiger charge is 2.53. The molecule has 0 aromatic carbocycles. The first-order chi connectivity index (χ1) is 15.7. The number of fused-ring (bicyclic) bond motifs is 1. The number of hydrogen-bond acceptors (Lipinski definition) is 7. The monoisotopic (exact) mass is 480 g/mol. The number of carbonyl (C=O) groups excluding carboxylic acids is 3. The second kappa shape index (κ2) is 11.2. The number of ether oxygens (including phenoxy) is 4. The fourth-order valence-corrected chi connectivity index (χ4v) is 5.88. The molecule has 7 heteroatoms. The summed E-state index contributed by atoms with van der Waals surface area (Å²) in [4.78, 5) is 36.3. The smallest absolute Gasteiger partial charge is 0.334 e. The Balaban J connectivity index is 1.94. The summed E-state index contributed by atoms with van der Waals surface area (Å²) in [5.41, 5.74) is 0.851. The number of hydrogen-bond donors (Lipinski definition) is 0. The van der Waals surface area contributed by atoms with Gasteiger partial charge in [0, 0.05) is 12.3 Å². The molecule has 4 atom stereocenters. The number of carbonyl (C=O) groups is 3. The lowest BCUT2D eigenvalue weighted by Gasteiger charge is -2.58. The predicted molar refractivity (Wildman–Crippen MR) is 129 cm³/mol. The van der Waals surface area contributed by atoms with Gasteiger partial charge in [0.2, 0.25) is 6.79 Å². The molecule has 3 unspecified atom stereocenters. The lowest BCUT2D eigenvalue weighted by molar-refractivity contribution is -0.173. The second-order valence-corrected chi connectivity index (χ2v) is 11.8. The van der Waals surface area contributed by atoms with Crippen LogP contribution in [0.25, 0.3) is 0 Å². The van der Waals surface area contributed by atoms with Crippen molar-refractivity contribution in [2.75, 3.05) is 20.5 Å². The van der Waals surface area contributed by atoms with Crippen molar-refractivity contribution in [3.63, 3.8) is 0 Å². The van der Waals surface area contributed by atoms with Crippen molar-refractivity contribution in [1.82, 2.24) is 0 Å². The molecule has 0 spiro atoms. The van der Waals surface area contributed by atoms with Gasteiger partial charge in [-0.3, -0.25) is 9.59 Å². The van der Waals surface area contributed by atoms with Crippen molar-refractivity contribution in [2.45, 2.75) is 92.6 Å². The van der Waals surface area contributed by atoms with Gasteiger partial charge in [-0.15, -0.1) is 0 Å². The van der Waals surface area contributed by atoms with E-state index >= 15 is 0 Å². The second-order valence-electron chi connectivity index (χ2n) is 11.8. The molecule has 7 nitrogen and oxygen atoms in total. The fourth-order valence-electron chi connectivity index (χ4n) is 5.88. The molecular weight excluding hydrogens is 436 g/mol. The van der Waals surface area contributed by atoms with E-state index in [9.17, 15) is 14.4 Å². The highest BCUT2D eigenvalue weighted by Crippen LogP contribution is 2.60. The molecule has 0 aliphatic heterocycles. The molecule has 0 saturated heterocycles. The maximum absolute atomic E-state index is 12.4. The zero-order chi connectivity index (χ0) is 25.7. The first-order valence-corrected chi connectivity index (χ1v) is 12.4. The molecule has 2 fully saturated rings. The molecule has 2 rings (SSSR count). The zero-order valence-electron chi connectivity index (χ0n) is 22.2. The van der Waals surface area contributed by atoms with E-state index in [-0.39, 0.29) is 29.6 Å². The topological polar surface area (TPSA) is 88.1 Å². The molecule has 0 bridgehead atoms. The molecular formula is C27H44O7. The molecule has 2 aliphatic rings. The van der Waals surface area contributed by atoms with E-state index < -0.39 is 36.2 Å². The van der Waals surface area contributed by atoms with Crippen molar-refractivity contribution in [3.8, 4) is 0 Å². The van der Waals surface area contributed by atoms with Crippen LogP contribution in [0.5, 0.6) is 0 Å². The Morgan fingerprint density at radius 2 is 1.79 bits per heavy atom. The van der Waals surface area contributed by atoms with Gasteiger partial charge >= 0.3 is 17.9 Å². The van der Waals surface area contributed by atoms with Crippen molar-refractivity contribution in [3.05, 3.63) is 12.2 Å². The molecule has 2 saturated carbocycles. The minimum atomic E-state index is -0.872. The molecule has 0 amide bonds. The zero-order valence-corrected chi connectivity index (χ0v) is 22.2. The third-order valence-corrected chi connectivity index (χ3v) is 7.88. The van der Waals surface area contributed by atoms with Crippen LogP contribution in [0.1, 0.15) is 86.5 Å². The standard InChI is InChI=1S/C27H44O7/c1-18-10-12-21-26(5,6)14-9-15-27(21,7)19(18)16-32-20(23(29)31-8)11-13-22(28)33-17-34-24(30)25(2,3)4/h19-21H,1,9-17H2,2-8H3/t19?,20?,21-,27?/m0/s1. The van der Waals surface area contributed by atoms with Gasteiger partial charge in [0.25, 0.3) is 0 Å². The fraction of sp³-hybridized carbons (Fsp3) is 0.815. The van der Waals surface area contributed by atoms with E-state index in [0.29, 0.717) is 12.5 Å². The van der Waals surface area contributed by atoms with Crippen molar-refractivity contribution in [2.24, 2.45) is 28.1 Å². The lowest BCUT2D eigenvalue weighted by atomic mass is 9.48. The average Bonchev–Trinajstić information content (AvgIpc) is 2.73. The van der Waals surface area contributed by atoms with Crippen molar-refractivity contribution in [1.29, 1.82) is 0 Å². The number of rotatable bonds is 9.